The first kappa shape index (κ1) is 14.4. The van der Waals surface area contributed by atoms with Crippen LogP contribution in [0.15, 0.2) is 47.4 Å². The number of hydrogen-bond acceptors (Lipinski definition) is 3. The van der Waals surface area contributed by atoms with Gasteiger partial charge in [0.25, 0.3) is 0 Å². The lowest BCUT2D eigenvalue weighted by atomic mass is 10.3. The Bertz CT molecular complexity index is 546. The Kier molecular flexibility index (Phi) is 5.25. The van der Waals surface area contributed by atoms with Crippen LogP contribution in [0, 0.1) is 0 Å². The van der Waals surface area contributed by atoms with E-state index >= 15 is 0 Å². The molecule has 100 valence electrons. The van der Waals surface area contributed by atoms with Crippen molar-refractivity contribution in [2.75, 3.05) is 18.1 Å². The van der Waals surface area contributed by atoms with E-state index in [0.29, 0.717) is 16.7 Å². The van der Waals surface area contributed by atoms with Crippen LogP contribution < -0.4 is 10.5 Å². The molecule has 0 spiro atoms. The van der Waals surface area contributed by atoms with Crippen molar-refractivity contribution in [1.82, 2.24) is 0 Å². The normalized spacial score (nSPS) is 10.4. The second-order valence-corrected chi connectivity index (χ2v) is 5.82. The predicted octanol–water partition coefficient (Wildman–Crippen LogP) is 4.75. The van der Waals surface area contributed by atoms with Crippen LogP contribution in [0.5, 0.6) is 5.75 Å². The molecule has 5 heteroatoms. The number of halogens is 2. The minimum absolute atomic E-state index is 0.595. The van der Waals surface area contributed by atoms with E-state index in [1.54, 1.807) is 23.9 Å². The molecule has 0 aliphatic carbocycles. The van der Waals surface area contributed by atoms with Crippen LogP contribution in [-0.4, -0.2) is 12.4 Å². The van der Waals surface area contributed by atoms with E-state index in [4.69, 9.17) is 33.7 Å². The minimum Gasteiger partial charge on any atom is -0.493 e. The zero-order valence-electron chi connectivity index (χ0n) is 10.1. The van der Waals surface area contributed by atoms with Crippen LogP contribution in [0.2, 0.25) is 10.0 Å². The third-order valence-electron chi connectivity index (χ3n) is 2.38. The Labute approximate surface area is 126 Å². The van der Waals surface area contributed by atoms with E-state index < -0.39 is 0 Å². The van der Waals surface area contributed by atoms with E-state index in [9.17, 15) is 0 Å². The molecular weight excluding hydrogens is 301 g/mol. The first-order valence-corrected chi connectivity index (χ1v) is 7.45. The van der Waals surface area contributed by atoms with Crippen molar-refractivity contribution in [3.63, 3.8) is 0 Å². The number of benzene rings is 2. The van der Waals surface area contributed by atoms with Gasteiger partial charge >= 0.3 is 0 Å². The van der Waals surface area contributed by atoms with Gasteiger partial charge in [0, 0.05) is 21.4 Å². The molecule has 0 bridgehead atoms. The monoisotopic (exact) mass is 313 g/mol. The molecule has 0 aliphatic rings. The van der Waals surface area contributed by atoms with Crippen molar-refractivity contribution < 1.29 is 4.74 Å². The summed E-state index contributed by atoms with van der Waals surface area (Å²) in [5.41, 5.74) is 6.33. The lowest BCUT2D eigenvalue weighted by molar-refractivity contribution is 0.344. The molecular formula is C14H13Cl2NOS. The maximum atomic E-state index is 6.08. The second kappa shape index (κ2) is 6.94. The molecule has 0 saturated carbocycles. The lowest BCUT2D eigenvalue weighted by Crippen LogP contribution is -2.00. The molecule has 0 heterocycles. The highest BCUT2D eigenvalue weighted by molar-refractivity contribution is 7.99. The molecule has 0 saturated heterocycles. The molecule has 0 unspecified atom stereocenters. The molecule has 2 aromatic carbocycles. The van der Waals surface area contributed by atoms with Crippen LogP contribution in [0.1, 0.15) is 0 Å². The van der Waals surface area contributed by atoms with Gasteiger partial charge in [-0.2, -0.15) is 0 Å². The Morgan fingerprint density at radius 1 is 1.05 bits per heavy atom. The number of hydrogen-bond donors (Lipinski definition) is 1. The summed E-state index contributed by atoms with van der Waals surface area (Å²) in [7, 11) is 0. The van der Waals surface area contributed by atoms with Gasteiger partial charge in [-0.3, -0.25) is 0 Å². The van der Waals surface area contributed by atoms with E-state index in [1.165, 1.54) is 0 Å². The van der Waals surface area contributed by atoms with Crippen LogP contribution in [-0.2, 0) is 0 Å². The maximum Gasteiger partial charge on any atom is 0.119 e. The molecule has 2 N–H and O–H groups in total. The minimum atomic E-state index is 0.595. The third kappa shape index (κ3) is 4.53. The van der Waals surface area contributed by atoms with E-state index in [1.807, 2.05) is 30.3 Å². The van der Waals surface area contributed by atoms with Crippen molar-refractivity contribution in [2.45, 2.75) is 4.90 Å². The van der Waals surface area contributed by atoms with Crippen molar-refractivity contribution in [1.29, 1.82) is 0 Å². The van der Waals surface area contributed by atoms with Crippen molar-refractivity contribution in [3.05, 3.63) is 52.5 Å². The Hall–Kier alpha value is -1.03. The van der Waals surface area contributed by atoms with Crippen molar-refractivity contribution in [2.24, 2.45) is 0 Å². The predicted molar refractivity (Wildman–Crippen MR) is 83.5 cm³/mol. The number of rotatable bonds is 5. The Morgan fingerprint density at radius 2 is 1.79 bits per heavy atom. The van der Waals surface area contributed by atoms with Crippen LogP contribution in [0.4, 0.5) is 5.69 Å². The van der Waals surface area contributed by atoms with Gasteiger partial charge in [-0.15, -0.1) is 11.8 Å². The highest BCUT2D eigenvalue weighted by atomic mass is 35.5. The SMILES string of the molecule is Nc1ccc(OCCSc2cc(Cl)ccc2Cl)cc1. The second-order valence-electron chi connectivity index (χ2n) is 3.84. The topological polar surface area (TPSA) is 35.2 Å². The number of ether oxygens (including phenoxy) is 1. The van der Waals surface area contributed by atoms with Gasteiger partial charge in [-0.25, -0.2) is 0 Å². The zero-order chi connectivity index (χ0) is 13.7. The quantitative estimate of drug-likeness (QED) is 0.491. The Morgan fingerprint density at radius 3 is 2.53 bits per heavy atom. The molecule has 0 aliphatic heterocycles. The molecule has 2 aromatic rings. The van der Waals surface area contributed by atoms with Gasteiger partial charge in [0.2, 0.25) is 0 Å². The van der Waals surface area contributed by atoms with Gasteiger partial charge in [0.05, 0.1) is 11.6 Å². The molecule has 0 fully saturated rings. The van der Waals surface area contributed by atoms with Gasteiger partial charge in [-0.1, -0.05) is 23.2 Å². The highest BCUT2D eigenvalue weighted by Crippen LogP contribution is 2.29. The largest absolute Gasteiger partial charge is 0.493 e. The van der Waals surface area contributed by atoms with E-state index in [-0.39, 0.29) is 0 Å². The van der Waals surface area contributed by atoms with Crippen LogP contribution >= 0.6 is 35.0 Å². The standard InChI is InChI=1S/C14H13Cl2NOS/c15-10-1-6-13(16)14(9-10)19-8-7-18-12-4-2-11(17)3-5-12/h1-6,9H,7-8,17H2. The number of nitrogens with two attached hydrogens (primary N) is 1. The molecule has 0 aromatic heterocycles. The molecule has 19 heavy (non-hydrogen) atoms. The molecule has 0 atom stereocenters. The van der Waals surface area contributed by atoms with E-state index in [0.717, 1.165) is 22.1 Å². The third-order valence-corrected chi connectivity index (χ3v) is 4.08. The Balaban J connectivity index is 1.80. The molecule has 0 radical (unpaired) electrons. The summed E-state index contributed by atoms with van der Waals surface area (Å²) in [6.07, 6.45) is 0. The zero-order valence-corrected chi connectivity index (χ0v) is 12.4. The average molecular weight is 314 g/mol. The number of anilines is 1. The summed E-state index contributed by atoms with van der Waals surface area (Å²) in [6, 6.07) is 12.8. The fraction of sp³-hybridized carbons (Fsp3) is 0.143. The van der Waals surface area contributed by atoms with Crippen LogP contribution in [0.3, 0.4) is 0 Å². The van der Waals surface area contributed by atoms with Crippen molar-refractivity contribution >= 4 is 40.7 Å². The summed E-state index contributed by atoms with van der Waals surface area (Å²) in [4.78, 5) is 0.968. The molecule has 2 rings (SSSR count). The summed E-state index contributed by atoms with van der Waals surface area (Å²) >= 11 is 13.6. The average Bonchev–Trinajstić information content (AvgIpc) is 2.40. The van der Waals surface area contributed by atoms with Crippen LogP contribution in [0.25, 0.3) is 0 Å². The fourth-order valence-electron chi connectivity index (χ4n) is 1.46. The molecule has 2 nitrogen and oxygen atoms in total. The highest BCUT2D eigenvalue weighted by Gasteiger charge is 2.02. The van der Waals surface area contributed by atoms with Gasteiger partial charge < -0.3 is 10.5 Å². The first-order valence-electron chi connectivity index (χ1n) is 5.71. The van der Waals surface area contributed by atoms with Gasteiger partial charge in [0.1, 0.15) is 5.75 Å². The lowest BCUT2D eigenvalue weighted by Gasteiger charge is -2.07. The number of thioether (sulfide) groups is 1. The summed E-state index contributed by atoms with van der Waals surface area (Å²) in [6.45, 7) is 0.595. The first-order chi connectivity index (χ1) is 9.15. The van der Waals surface area contributed by atoms with Gasteiger partial charge in [-0.05, 0) is 42.5 Å². The fourth-order valence-corrected chi connectivity index (χ4v) is 2.78. The maximum absolute atomic E-state index is 6.08. The molecule has 0 amide bonds. The van der Waals surface area contributed by atoms with E-state index in [2.05, 4.69) is 0 Å². The number of nitrogen functional groups attached to an aromatic ring is 1. The smallest absolute Gasteiger partial charge is 0.119 e. The summed E-state index contributed by atoms with van der Waals surface area (Å²) in [5.74, 6) is 1.61. The summed E-state index contributed by atoms with van der Waals surface area (Å²) in [5, 5.41) is 1.40. The van der Waals surface area contributed by atoms with Crippen molar-refractivity contribution in [3.8, 4) is 5.75 Å². The summed E-state index contributed by atoms with van der Waals surface area (Å²) < 4.78 is 5.60. The van der Waals surface area contributed by atoms with Gasteiger partial charge in [0.15, 0.2) is 0 Å².